The number of hydrogen-bond acceptors (Lipinski definition) is 5. The van der Waals surface area contributed by atoms with Crippen molar-refractivity contribution in [1.29, 1.82) is 0 Å². The average molecular weight is 320 g/mol. The summed E-state index contributed by atoms with van der Waals surface area (Å²) in [6, 6.07) is 3.50. The Morgan fingerprint density at radius 3 is 2.59 bits per heavy atom. The molecule has 0 saturated heterocycles. The van der Waals surface area contributed by atoms with Crippen molar-refractivity contribution in [3.8, 4) is 0 Å². The smallest absolute Gasteiger partial charge is 0.324 e. The lowest BCUT2D eigenvalue weighted by Gasteiger charge is -2.27. The van der Waals surface area contributed by atoms with Crippen molar-refractivity contribution >= 4 is 28.9 Å². The Morgan fingerprint density at radius 2 is 2.09 bits per heavy atom. The molecule has 0 bridgehead atoms. The van der Waals surface area contributed by atoms with Gasteiger partial charge in [0, 0.05) is 6.42 Å². The first-order chi connectivity index (χ1) is 10.2. The molecule has 0 unspecified atom stereocenters. The standard InChI is InChI=1S/C17H20O4S/c1-16(2,3)21-15(20)17(9-4-7-14(17)19)10-8-12(18)13-6-5-11-22-13/h5-6,8,10-11H,4,7,9H2,1-3H3/b10-8-/t17-/m0/s1. The third kappa shape index (κ3) is 3.53. The van der Waals surface area contributed by atoms with Crippen LogP contribution in [0.15, 0.2) is 29.7 Å². The number of allylic oxidation sites excluding steroid dienone is 1. The number of Topliss-reactive ketones (excluding diaryl/α,β-unsaturated/α-hetero) is 1. The van der Waals surface area contributed by atoms with E-state index in [1.54, 1.807) is 32.9 Å². The molecule has 2 rings (SSSR count). The molecular weight excluding hydrogens is 300 g/mol. The maximum atomic E-state index is 12.5. The minimum Gasteiger partial charge on any atom is -0.459 e. The number of esters is 1. The molecule has 118 valence electrons. The molecular formula is C17H20O4S. The summed E-state index contributed by atoms with van der Waals surface area (Å²) >= 11 is 1.33. The van der Waals surface area contributed by atoms with Gasteiger partial charge in [-0.25, -0.2) is 0 Å². The van der Waals surface area contributed by atoms with Gasteiger partial charge in [-0.3, -0.25) is 14.4 Å². The molecule has 5 heteroatoms. The molecule has 0 radical (unpaired) electrons. The van der Waals surface area contributed by atoms with E-state index in [9.17, 15) is 14.4 Å². The molecule has 0 amide bonds. The number of carbonyl (C=O) groups is 3. The second-order valence-electron chi connectivity index (χ2n) is 6.42. The Bertz CT molecular complexity index is 607. The second kappa shape index (κ2) is 6.16. The maximum Gasteiger partial charge on any atom is 0.324 e. The van der Waals surface area contributed by atoms with E-state index < -0.39 is 17.0 Å². The molecule has 22 heavy (non-hydrogen) atoms. The van der Waals surface area contributed by atoms with E-state index in [1.807, 2.05) is 5.38 Å². The molecule has 4 nitrogen and oxygen atoms in total. The van der Waals surface area contributed by atoms with E-state index in [-0.39, 0.29) is 11.6 Å². The normalized spacial score (nSPS) is 22.2. The molecule has 0 N–H and O–H groups in total. The zero-order valence-corrected chi connectivity index (χ0v) is 13.9. The lowest BCUT2D eigenvalue weighted by molar-refractivity contribution is -0.166. The van der Waals surface area contributed by atoms with Crippen molar-refractivity contribution in [2.24, 2.45) is 5.41 Å². The van der Waals surface area contributed by atoms with E-state index in [0.717, 1.165) is 0 Å². The lowest BCUT2D eigenvalue weighted by atomic mass is 9.84. The highest BCUT2D eigenvalue weighted by Gasteiger charge is 2.49. The zero-order chi connectivity index (χ0) is 16.4. The highest BCUT2D eigenvalue weighted by Crippen LogP contribution is 2.38. The van der Waals surface area contributed by atoms with Crippen LogP contribution in [0.4, 0.5) is 0 Å². The van der Waals surface area contributed by atoms with E-state index >= 15 is 0 Å². The summed E-state index contributed by atoms with van der Waals surface area (Å²) in [7, 11) is 0. The third-order valence-corrected chi connectivity index (χ3v) is 4.40. The summed E-state index contributed by atoms with van der Waals surface area (Å²) in [5.41, 5.74) is -1.97. The van der Waals surface area contributed by atoms with Crippen molar-refractivity contribution < 1.29 is 19.1 Å². The average Bonchev–Trinajstić information content (AvgIpc) is 3.04. The predicted octanol–water partition coefficient (Wildman–Crippen LogP) is 3.57. The number of ether oxygens (including phenoxy) is 1. The van der Waals surface area contributed by atoms with E-state index in [4.69, 9.17) is 4.74 Å². The van der Waals surface area contributed by atoms with Crippen LogP contribution in [-0.2, 0) is 14.3 Å². The second-order valence-corrected chi connectivity index (χ2v) is 7.37. The molecule has 0 spiro atoms. The van der Waals surface area contributed by atoms with Crippen LogP contribution in [-0.4, -0.2) is 23.1 Å². The summed E-state index contributed by atoms with van der Waals surface area (Å²) in [4.78, 5) is 37.4. The van der Waals surface area contributed by atoms with Crippen LogP contribution < -0.4 is 0 Å². The molecule has 1 heterocycles. The van der Waals surface area contributed by atoms with E-state index in [0.29, 0.717) is 24.1 Å². The molecule has 1 atom stereocenters. The number of rotatable bonds is 4. The Kier molecular flexibility index (Phi) is 4.66. The summed E-state index contributed by atoms with van der Waals surface area (Å²) in [5, 5.41) is 1.81. The van der Waals surface area contributed by atoms with Crippen LogP contribution in [0.2, 0.25) is 0 Å². The van der Waals surface area contributed by atoms with E-state index in [2.05, 4.69) is 0 Å². The Morgan fingerprint density at radius 1 is 1.36 bits per heavy atom. The molecule has 1 aliphatic carbocycles. The molecule has 0 aliphatic heterocycles. The van der Waals surface area contributed by atoms with Gasteiger partial charge in [0.05, 0.1) is 4.88 Å². The van der Waals surface area contributed by atoms with Gasteiger partial charge < -0.3 is 4.74 Å². The van der Waals surface area contributed by atoms with Gasteiger partial charge in [-0.2, -0.15) is 0 Å². The Labute approximate surface area is 134 Å². The minimum absolute atomic E-state index is 0.169. The van der Waals surface area contributed by atoms with E-state index in [1.165, 1.54) is 23.5 Å². The van der Waals surface area contributed by atoms with Gasteiger partial charge in [0.25, 0.3) is 0 Å². The lowest BCUT2D eigenvalue weighted by Crippen LogP contribution is -2.39. The Hall–Kier alpha value is -1.75. The van der Waals surface area contributed by atoms with Gasteiger partial charge in [-0.15, -0.1) is 11.3 Å². The molecule has 0 aromatic carbocycles. The number of hydrogen-bond donors (Lipinski definition) is 0. The van der Waals surface area contributed by atoms with Crippen LogP contribution in [0.3, 0.4) is 0 Å². The Balaban J connectivity index is 2.25. The van der Waals surface area contributed by atoms with Gasteiger partial charge in [0.15, 0.2) is 11.6 Å². The molecule has 1 saturated carbocycles. The fraction of sp³-hybridized carbons (Fsp3) is 0.471. The van der Waals surface area contributed by atoms with Gasteiger partial charge >= 0.3 is 5.97 Å². The number of carbonyl (C=O) groups excluding carboxylic acids is 3. The monoisotopic (exact) mass is 320 g/mol. The zero-order valence-electron chi connectivity index (χ0n) is 13.0. The topological polar surface area (TPSA) is 60.4 Å². The predicted molar refractivity (Wildman–Crippen MR) is 84.9 cm³/mol. The van der Waals surface area contributed by atoms with Crippen LogP contribution in [0.1, 0.15) is 49.7 Å². The first kappa shape index (κ1) is 16.6. The summed E-state index contributed by atoms with van der Waals surface area (Å²) in [5.74, 6) is -0.924. The van der Waals surface area contributed by atoms with Crippen molar-refractivity contribution in [3.05, 3.63) is 34.5 Å². The van der Waals surface area contributed by atoms with Crippen molar-refractivity contribution in [2.45, 2.75) is 45.6 Å². The number of ketones is 2. The summed E-state index contributed by atoms with van der Waals surface area (Å²) in [6.07, 6.45) is 4.15. The SMILES string of the molecule is CC(C)(C)OC(=O)[C@]1(/C=C\C(=O)c2cccs2)CCCC1=O. The fourth-order valence-corrected chi connectivity index (χ4v) is 3.08. The number of thiophene rings is 1. The minimum atomic E-state index is -1.31. The quantitative estimate of drug-likeness (QED) is 0.368. The van der Waals surface area contributed by atoms with Gasteiger partial charge in [-0.1, -0.05) is 12.1 Å². The highest BCUT2D eigenvalue weighted by atomic mass is 32.1. The van der Waals surface area contributed by atoms with Crippen LogP contribution in [0.25, 0.3) is 0 Å². The molecule has 1 fully saturated rings. The fourth-order valence-electron chi connectivity index (χ4n) is 2.44. The maximum absolute atomic E-state index is 12.5. The van der Waals surface area contributed by atoms with Crippen molar-refractivity contribution in [3.63, 3.8) is 0 Å². The first-order valence-electron chi connectivity index (χ1n) is 7.28. The third-order valence-electron chi connectivity index (χ3n) is 3.52. The summed E-state index contributed by atoms with van der Waals surface area (Å²) in [6.45, 7) is 5.29. The summed E-state index contributed by atoms with van der Waals surface area (Å²) < 4.78 is 5.40. The van der Waals surface area contributed by atoms with Gasteiger partial charge in [0.1, 0.15) is 11.0 Å². The van der Waals surface area contributed by atoms with Gasteiger partial charge in [0.2, 0.25) is 0 Å². The van der Waals surface area contributed by atoms with Crippen molar-refractivity contribution in [1.82, 2.24) is 0 Å². The first-order valence-corrected chi connectivity index (χ1v) is 8.16. The van der Waals surface area contributed by atoms with Crippen LogP contribution in [0, 0.1) is 5.41 Å². The van der Waals surface area contributed by atoms with Gasteiger partial charge in [-0.05, 0) is 51.1 Å². The van der Waals surface area contributed by atoms with Crippen LogP contribution in [0.5, 0.6) is 0 Å². The van der Waals surface area contributed by atoms with Crippen molar-refractivity contribution in [2.75, 3.05) is 0 Å². The highest BCUT2D eigenvalue weighted by molar-refractivity contribution is 7.12. The largest absolute Gasteiger partial charge is 0.459 e. The molecule has 1 aromatic rings. The van der Waals surface area contributed by atoms with Crippen LogP contribution >= 0.6 is 11.3 Å². The molecule has 1 aromatic heterocycles. The molecule has 1 aliphatic rings.